The van der Waals surface area contributed by atoms with E-state index in [2.05, 4.69) is 83.2 Å². The SMILES string of the molecule is CC(C)c1nc2c(c(I)c1[C@H](O)c1ccc(C(C)(C)C)cc1)C(O)CC(C)(C)C2. The topological polar surface area (TPSA) is 53.4 Å². The quantitative estimate of drug-likeness (QED) is 0.487. The minimum absolute atomic E-state index is 0.0274. The molecule has 0 saturated carbocycles. The Bertz CT molecular complexity index is 895. The molecule has 3 rings (SSSR count). The molecule has 1 aliphatic carbocycles. The molecule has 0 amide bonds. The fourth-order valence-electron chi connectivity index (χ4n) is 4.31. The van der Waals surface area contributed by atoms with E-state index in [4.69, 9.17) is 4.98 Å². The van der Waals surface area contributed by atoms with Crippen molar-refractivity contribution in [3.63, 3.8) is 0 Å². The van der Waals surface area contributed by atoms with Gasteiger partial charge < -0.3 is 10.2 Å². The van der Waals surface area contributed by atoms with Crippen LogP contribution in [0.1, 0.15) is 107 Å². The van der Waals surface area contributed by atoms with Crippen LogP contribution in [-0.4, -0.2) is 15.2 Å². The van der Waals surface area contributed by atoms with Gasteiger partial charge in [-0.1, -0.05) is 72.7 Å². The van der Waals surface area contributed by atoms with Crippen molar-refractivity contribution in [3.8, 4) is 0 Å². The van der Waals surface area contributed by atoms with Crippen LogP contribution < -0.4 is 0 Å². The predicted octanol–water partition coefficient (Wildman–Crippen LogP) is 6.19. The highest BCUT2D eigenvalue weighted by Gasteiger charge is 2.36. The number of rotatable bonds is 3. The lowest BCUT2D eigenvalue weighted by Gasteiger charge is -2.36. The molecule has 0 fully saturated rings. The molecule has 0 spiro atoms. The second-order valence-electron chi connectivity index (χ2n) is 10.6. The van der Waals surface area contributed by atoms with Gasteiger partial charge in [-0.15, -0.1) is 0 Å². The zero-order valence-electron chi connectivity index (χ0n) is 18.7. The number of halogens is 1. The maximum Gasteiger partial charge on any atom is 0.107 e. The van der Waals surface area contributed by atoms with Crippen molar-refractivity contribution in [2.45, 2.75) is 84.8 Å². The third kappa shape index (κ3) is 4.54. The molecule has 2 atom stereocenters. The van der Waals surface area contributed by atoms with E-state index in [1.807, 2.05) is 12.1 Å². The number of aliphatic hydroxyl groups is 2. The fourth-order valence-corrected chi connectivity index (χ4v) is 5.55. The largest absolute Gasteiger partial charge is 0.388 e. The fraction of sp³-hybridized carbons (Fsp3) is 0.560. The molecule has 0 aliphatic heterocycles. The van der Waals surface area contributed by atoms with Gasteiger partial charge in [-0.05, 0) is 63.3 Å². The van der Waals surface area contributed by atoms with E-state index >= 15 is 0 Å². The number of nitrogens with zero attached hydrogens (tertiary/aromatic N) is 1. The van der Waals surface area contributed by atoms with Crippen molar-refractivity contribution in [1.82, 2.24) is 4.98 Å². The lowest BCUT2D eigenvalue weighted by Crippen LogP contribution is -2.29. The van der Waals surface area contributed by atoms with Crippen molar-refractivity contribution >= 4 is 22.6 Å². The molecule has 158 valence electrons. The smallest absolute Gasteiger partial charge is 0.107 e. The molecule has 0 bridgehead atoms. The van der Waals surface area contributed by atoms with Crippen LogP contribution in [0.15, 0.2) is 24.3 Å². The zero-order valence-corrected chi connectivity index (χ0v) is 20.8. The van der Waals surface area contributed by atoms with Gasteiger partial charge in [0, 0.05) is 20.4 Å². The van der Waals surface area contributed by atoms with Gasteiger partial charge in [-0.2, -0.15) is 0 Å². The Balaban J connectivity index is 2.12. The van der Waals surface area contributed by atoms with Crippen LogP contribution in [0.4, 0.5) is 0 Å². The summed E-state index contributed by atoms with van der Waals surface area (Å²) in [5.41, 5.74) is 5.89. The molecule has 1 aliphatic rings. The number of hydrogen-bond acceptors (Lipinski definition) is 3. The Morgan fingerprint density at radius 3 is 2.24 bits per heavy atom. The maximum absolute atomic E-state index is 11.4. The van der Waals surface area contributed by atoms with Gasteiger partial charge in [0.15, 0.2) is 0 Å². The maximum atomic E-state index is 11.4. The summed E-state index contributed by atoms with van der Waals surface area (Å²) in [4.78, 5) is 5.00. The first-order valence-electron chi connectivity index (χ1n) is 10.5. The first-order valence-corrected chi connectivity index (χ1v) is 11.6. The van der Waals surface area contributed by atoms with Crippen LogP contribution in [0.3, 0.4) is 0 Å². The number of pyridine rings is 1. The Kier molecular flexibility index (Phi) is 6.21. The molecule has 3 nitrogen and oxygen atoms in total. The second-order valence-corrected chi connectivity index (χ2v) is 11.7. The average Bonchev–Trinajstić information content (AvgIpc) is 2.58. The third-order valence-electron chi connectivity index (χ3n) is 5.95. The van der Waals surface area contributed by atoms with E-state index in [1.165, 1.54) is 5.56 Å². The van der Waals surface area contributed by atoms with Crippen molar-refractivity contribution in [2.75, 3.05) is 0 Å². The lowest BCUT2D eigenvalue weighted by atomic mass is 9.74. The number of aliphatic hydroxyl groups excluding tert-OH is 2. The second kappa shape index (κ2) is 7.93. The molecule has 4 heteroatoms. The standard InChI is InChI=1S/C25H34INO2/c1-14(2)22-20(23(29)15-8-10-16(11-9-15)24(3,4)5)21(26)19-17(27-22)12-25(6,7)13-18(19)28/h8-11,14,18,23,28-29H,12-13H2,1-7H3/t18?,23-/m1/s1. The summed E-state index contributed by atoms with van der Waals surface area (Å²) < 4.78 is 0.965. The van der Waals surface area contributed by atoms with E-state index < -0.39 is 12.2 Å². The summed E-state index contributed by atoms with van der Waals surface area (Å²) in [7, 11) is 0. The van der Waals surface area contributed by atoms with Crippen LogP contribution in [0, 0.1) is 8.99 Å². The summed E-state index contributed by atoms with van der Waals surface area (Å²) in [5.74, 6) is 0.189. The van der Waals surface area contributed by atoms with Gasteiger partial charge >= 0.3 is 0 Å². The molecule has 2 aromatic rings. The summed E-state index contributed by atoms with van der Waals surface area (Å²) in [6.07, 6.45) is 0.275. The predicted molar refractivity (Wildman–Crippen MR) is 127 cm³/mol. The highest BCUT2D eigenvalue weighted by atomic mass is 127. The number of aromatic nitrogens is 1. The van der Waals surface area contributed by atoms with Gasteiger partial charge in [-0.25, -0.2) is 0 Å². The average molecular weight is 507 g/mol. The van der Waals surface area contributed by atoms with Crippen LogP contribution in [0.5, 0.6) is 0 Å². The number of hydrogen-bond donors (Lipinski definition) is 2. The van der Waals surface area contributed by atoms with E-state index in [1.54, 1.807) is 0 Å². The summed E-state index contributed by atoms with van der Waals surface area (Å²) in [5, 5.41) is 22.2. The highest BCUT2D eigenvalue weighted by Crippen LogP contribution is 2.45. The minimum Gasteiger partial charge on any atom is -0.388 e. The minimum atomic E-state index is -0.756. The van der Waals surface area contributed by atoms with Gasteiger partial charge in [0.2, 0.25) is 0 Å². The molecule has 0 saturated heterocycles. The van der Waals surface area contributed by atoms with E-state index in [0.717, 1.165) is 38.1 Å². The summed E-state index contributed by atoms with van der Waals surface area (Å²) in [6, 6.07) is 8.24. The Hall–Kier alpha value is -0.980. The normalized spacial score (nSPS) is 19.9. The first-order chi connectivity index (χ1) is 13.3. The van der Waals surface area contributed by atoms with Crippen molar-refractivity contribution < 1.29 is 10.2 Å². The Labute approximate surface area is 189 Å². The molecule has 1 heterocycles. The molecule has 1 aromatic carbocycles. The van der Waals surface area contributed by atoms with E-state index in [9.17, 15) is 10.2 Å². The van der Waals surface area contributed by atoms with Crippen molar-refractivity contribution in [1.29, 1.82) is 0 Å². The van der Waals surface area contributed by atoms with Gasteiger partial charge in [0.1, 0.15) is 6.10 Å². The molecule has 0 radical (unpaired) electrons. The molecule has 2 N–H and O–H groups in total. The Morgan fingerprint density at radius 1 is 1.14 bits per heavy atom. The van der Waals surface area contributed by atoms with E-state index in [-0.39, 0.29) is 16.7 Å². The van der Waals surface area contributed by atoms with Crippen molar-refractivity contribution in [3.05, 3.63) is 61.5 Å². The molecule has 1 aromatic heterocycles. The van der Waals surface area contributed by atoms with Crippen LogP contribution in [0.2, 0.25) is 0 Å². The van der Waals surface area contributed by atoms with Gasteiger partial charge in [0.05, 0.1) is 11.8 Å². The van der Waals surface area contributed by atoms with Crippen LogP contribution >= 0.6 is 22.6 Å². The zero-order chi connectivity index (χ0) is 21.7. The number of benzene rings is 1. The monoisotopic (exact) mass is 507 g/mol. The van der Waals surface area contributed by atoms with Crippen LogP contribution in [-0.2, 0) is 11.8 Å². The molecular formula is C25H34INO2. The van der Waals surface area contributed by atoms with Gasteiger partial charge in [0.25, 0.3) is 0 Å². The van der Waals surface area contributed by atoms with E-state index in [0.29, 0.717) is 6.42 Å². The van der Waals surface area contributed by atoms with Gasteiger partial charge in [-0.3, -0.25) is 4.98 Å². The lowest BCUT2D eigenvalue weighted by molar-refractivity contribution is 0.0966. The number of fused-ring (bicyclic) bond motifs is 1. The van der Waals surface area contributed by atoms with Crippen molar-refractivity contribution in [2.24, 2.45) is 5.41 Å². The summed E-state index contributed by atoms with van der Waals surface area (Å²) in [6.45, 7) is 15.2. The molecule has 1 unspecified atom stereocenters. The third-order valence-corrected chi connectivity index (χ3v) is 7.12. The molecular weight excluding hydrogens is 473 g/mol. The molecule has 29 heavy (non-hydrogen) atoms. The van der Waals surface area contributed by atoms with Crippen LogP contribution in [0.25, 0.3) is 0 Å². The highest BCUT2D eigenvalue weighted by molar-refractivity contribution is 14.1. The summed E-state index contributed by atoms with van der Waals surface area (Å²) >= 11 is 2.31. The Morgan fingerprint density at radius 2 is 1.72 bits per heavy atom. The first kappa shape index (κ1) is 22.7.